The van der Waals surface area contributed by atoms with Crippen LogP contribution in [0.25, 0.3) is 0 Å². The fourth-order valence-electron chi connectivity index (χ4n) is 4.34. The second kappa shape index (κ2) is 9.54. The van der Waals surface area contributed by atoms with E-state index in [-0.39, 0.29) is 24.0 Å². The van der Waals surface area contributed by atoms with Gasteiger partial charge in [-0.2, -0.15) is 0 Å². The fourth-order valence-corrected chi connectivity index (χ4v) is 5.84. The molecule has 0 unspecified atom stereocenters. The molecule has 36 heavy (non-hydrogen) atoms. The molecule has 5 rings (SSSR count). The van der Waals surface area contributed by atoms with Gasteiger partial charge in [0.05, 0.1) is 29.9 Å². The van der Waals surface area contributed by atoms with Gasteiger partial charge in [0, 0.05) is 6.54 Å². The highest BCUT2D eigenvalue weighted by atomic mass is 32.2. The van der Waals surface area contributed by atoms with Crippen molar-refractivity contribution in [1.29, 1.82) is 0 Å². The van der Waals surface area contributed by atoms with E-state index in [0.717, 1.165) is 5.56 Å². The van der Waals surface area contributed by atoms with Gasteiger partial charge in [0.1, 0.15) is 11.5 Å². The van der Waals surface area contributed by atoms with Gasteiger partial charge in [-0.25, -0.2) is 13.2 Å². The predicted octanol–water partition coefficient (Wildman–Crippen LogP) is 2.78. The molecule has 2 aliphatic heterocycles. The molecule has 0 saturated carbocycles. The molecule has 0 aromatic heterocycles. The minimum absolute atomic E-state index is 0.0135. The largest absolute Gasteiger partial charge is 0.484 e. The van der Waals surface area contributed by atoms with Crippen molar-refractivity contribution in [3.05, 3.63) is 78.4 Å². The average Bonchev–Trinajstić information content (AvgIpc) is 3.36. The Morgan fingerprint density at radius 2 is 1.67 bits per heavy atom. The molecule has 3 aromatic rings. The second-order valence-corrected chi connectivity index (χ2v) is 10.2. The van der Waals surface area contributed by atoms with E-state index in [1.165, 1.54) is 40.6 Å². The highest BCUT2D eigenvalue weighted by molar-refractivity contribution is 7.92. The van der Waals surface area contributed by atoms with Crippen molar-refractivity contribution >= 4 is 33.3 Å². The van der Waals surface area contributed by atoms with Crippen LogP contribution in [-0.2, 0) is 30.8 Å². The molecule has 0 fully saturated rings. The number of benzene rings is 3. The van der Waals surface area contributed by atoms with E-state index in [9.17, 15) is 18.0 Å². The lowest BCUT2D eigenvalue weighted by molar-refractivity contribution is -0.148. The Hall–Kier alpha value is -4.05. The zero-order valence-corrected chi connectivity index (χ0v) is 20.3. The van der Waals surface area contributed by atoms with Crippen molar-refractivity contribution in [2.45, 2.75) is 17.4 Å². The number of carbonyl (C=O) groups is 2. The monoisotopic (exact) mass is 508 g/mol. The SMILES string of the molecule is COC(=O)[C@H]1CN(C(=O)COc2ccc(S(=O)(=O)N3CCc4ccccc43)cc2)c2ccccc2O1. The number of hydrogen-bond donors (Lipinski definition) is 0. The highest BCUT2D eigenvalue weighted by Gasteiger charge is 2.35. The van der Waals surface area contributed by atoms with Crippen LogP contribution in [0.2, 0.25) is 0 Å². The molecule has 3 aromatic carbocycles. The van der Waals surface area contributed by atoms with Crippen LogP contribution >= 0.6 is 0 Å². The number of para-hydroxylation sites is 3. The molecule has 0 N–H and O–H groups in total. The number of sulfonamides is 1. The van der Waals surface area contributed by atoms with Crippen LogP contribution in [0.4, 0.5) is 11.4 Å². The summed E-state index contributed by atoms with van der Waals surface area (Å²) in [7, 11) is -2.46. The molecule has 0 spiro atoms. The lowest BCUT2D eigenvalue weighted by Gasteiger charge is -2.33. The van der Waals surface area contributed by atoms with E-state index in [1.54, 1.807) is 30.3 Å². The van der Waals surface area contributed by atoms with Crippen LogP contribution in [0, 0.1) is 0 Å². The first-order valence-electron chi connectivity index (χ1n) is 11.4. The van der Waals surface area contributed by atoms with Crippen LogP contribution < -0.4 is 18.7 Å². The molecule has 0 aliphatic carbocycles. The summed E-state index contributed by atoms with van der Waals surface area (Å²) in [5.41, 5.74) is 2.22. The number of methoxy groups -OCH3 is 1. The summed E-state index contributed by atoms with van der Waals surface area (Å²) in [6, 6.07) is 20.3. The van der Waals surface area contributed by atoms with E-state index in [0.29, 0.717) is 35.8 Å². The number of nitrogens with zero attached hydrogens (tertiary/aromatic N) is 2. The molecule has 2 aliphatic rings. The van der Waals surface area contributed by atoms with Gasteiger partial charge in [0.15, 0.2) is 6.61 Å². The first-order chi connectivity index (χ1) is 17.4. The Morgan fingerprint density at radius 3 is 2.42 bits per heavy atom. The summed E-state index contributed by atoms with van der Waals surface area (Å²) in [4.78, 5) is 26.6. The van der Waals surface area contributed by atoms with Gasteiger partial charge in [-0.15, -0.1) is 0 Å². The molecular formula is C26H24N2O7S. The maximum Gasteiger partial charge on any atom is 0.348 e. The van der Waals surface area contributed by atoms with Gasteiger partial charge >= 0.3 is 5.97 Å². The standard InChI is InChI=1S/C26H24N2O7S/c1-33-26(30)24-16-27(22-8-4-5-9-23(22)35-24)25(29)17-34-19-10-12-20(13-11-19)36(31,32)28-15-14-18-6-2-3-7-21(18)28/h2-13,24H,14-17H2,1H3/t24-/m1/s1. The summed E-state index contributed by atoms with van der Waals surface area (Å²) >= 11 is 0. The first-order valence-corrected chi connectivity index (χ1v) is 12.8. The fraction of sp³-hybridized carbons (Fsp3) is 0.231. The highest BCUT2D eigenvalue weighted by Crippen LogP contribution is 2.34. The van der Waals surface area contributed by atoms with Crippen molar-refractivity contribution < 1.29 is 32.2 Å². The molecule has 2 heterocycles. The van der Waals surface area contributed by atoms with E-state index in [4.69, 9.17) is 14.2 Å². The number of rotatable bonds is 6. The van der Waals surface area contributed by atoms with Crippen molar-refractivity contribution in [2.75, 3.05) is 36.0 Å². The zero-order chi connectivity index (χ0) is 25.3. The van der Waals surface area contributed by atoms with Gasteiger partial charge in [0.25, 0.3) is 15.9 Å². The molecule has 0 bridgehead atoms. The lowest BCUT2D eigenvalue weighted by atomic mass is 10.2. The summed E-state index contributed by atoms with van der Waals surface area (Å²) in [5, 5.41) is 0. The topological polar surface area (TPSA) is 102 Å². The van der Waals surface area contributed by atoms with E-state index >= 15 is 0 Å². The number of fused-ring (bicyclic) bond motifs is 2. The lowest BCUT2D eigenvalue weighted by Crippen LogP contribution is -2.48. The van der Waals surface area contributed by atoms with Gasteiger partial charge in [-0.05, 0) is 54.4 Å². The zero-order valence-electron chi connectivity index (χ0n) is 19.5. The van der Waals surface area contributed by atoms with Crippen LogP contribution in [0.15, 0.2) is 77.7 Å². The van der Waals surface area contributed by atoms with Gasteiger partial charge in [-0.3, -0.25) is 9.10 Å². The van der Waals surface area contributed by atoms with E-state index < -0.39 is 22.1 Å². The number of carbonyl (C=O) groups excluding carboxylic acids is 2. The molecule has 1 atom stereocenters. The third-order valence-electron chi connectivity index (χ3n) is 6.16. The third kappa shape index (κ3) is 4.35. The molecule has 0 saturated heterocycles. The smallest absolute Gasteiger partial charge is 0.348 e. The molecule has 10 heteroatoms. The van der Waals surface area contributed by atoms with Crippen LogP contribution in [0.1, 0.15) is 5.56 Å². The Kier molecular flexibility index (Phi) is 6.27. The van der Waals surface area contributed by atoms with Gasteiger partial charge < -0.3 is 19.1 Å². The number of hydrogen-bond acceptors (Lipinski definition) is 7. The molecule has 9 nitrogen and oxygen atoms in total. The molecule has 0 radical (unpaired) electrons. The van der Waals surface area contributed by atoms with Crippen molar-refractivity contribution in [3.63, 3.8) is 0 Å². The van der Waals surface area contributed by atoms with Crippen LogP contribution in [0.5, 0.6) is 11.5 Å². The van der Waals surface area contributed by atoms with Crippen LogP contribution in [0.3, 0.4) is 0 Å². The number of amides is 1. The number of esters is 1. The van der Waals surface area contributed by atoms with Crippen molar-refractivity contribution in [1.82, 2.24) is 0 Å². The maximum absolute atomic E-state index is 13.2. The summed E-state index contributed by atoms with van der Waals surface area (Å²) in [6.45, 7) is 0.0657. The summed E-state index contributed by atoms with van der Waals surface area (Å²) < 4.78 is 43.9. The third-order valence-corrected chi connectivity index (χ3v) is 7.98. The maximum atomic E-state index is 13.2. The van der Waals surface area contributed by atoms with E-state index in [2.05, 4.69) is 0 Å². The normalized spacial score (nSPS) is 16.5. The van der Waals surface area contributed by atoms with Gasteiger partial charge in [0.2, 0.25) is 6.10 Å². The van der Waals surface area contributed by atoms with E-state index in [1.807, 2.05) is 18.2 Å². The average molecular weight is 509 g/mol. The minimum atomic E-state index is -3.72. The molecule has 1 amide bonds. The Morgan fingerprint density at radius 1 is 0.972 bits per heavy atom. The first kappa shape index (κ1) is 23.7. The van der Waals surface area contributed by atoms with Crippen LogP contribution in [-0.4, -0.2) is 53.2 Å². The van der Waals surface area contributed by atoms with Crippen molar-refractivity contribution in [2.24, 2.45) is 0 Å². The second-order valence-electron chi connectivity index (χ2n) is 8.32. The summed E-state index contributed by atoms with van der Waals surface area (Å²) in [6.07, 6.45) is -0.283. The number of anilines is 2. The Balaban J connectivity index is 1.27. The van der Waals surface area contributed by atoms with Gasteiger partial charge in [-0.1, -0.05) is 30.3 Å². The molecular weight excluding hydrogens is 484 g/mol. The predicted molar refractivity (Wildman–Crippen MR) is 132 cm³/mol. The van der Waals surface area contributed by atoms with Crippen molar-refractivity contribution in [3.8, 4) is 11.5 Å². The summed E-state index contributed by atoms with van der Waals surface area (Å²) in [5.74, 6) is -0.230. The Bertz CT molecular complexity index is 1410. The molecule has 186 valence electrons. The Labute approximate surface area is 208 Å². The number of ether oxygens (including phenoxy) is 3. The quantitative estimate of drug-likeness (QED) is 0.472. The minimum Gasteiger partial charge on any atom is -0.484 e.